The largest absolute Gasteiger partial charge is 0.308 e. The van der Waals surface area contributed by atoms with Crippen LogP contribution in [0.5, 0.6) is 0 Å². The fourth-order valence-corrected chi connectivity index (χ4v) is 6.09. The smallest absolute Gasteiger partial charge is 0.247 e. The lowest BCUT2D eigenvalue weighted by Gasteiger charge is -2.30. The standard InChI is InChI=1S/C30H29F5N2O2S/c31-23-24(32)26(34)30(27(35)25(23)33)40(38,39)37-29(22-17-8-3-9-18-22)28(21-15-6-2-7-16-21)36-19-11-10-14-20-12-4-1-5-13-20/h1-4,6-9,12,15-18,28-29,36-37H,5,10-11,13-14,19H2. The van der Waals surface area contributed by atoms with E-state index in [2.05, 4.69) is 22.2 Å². The lowest BCUT2D eigenvalue weighted by Crippen LogP contribution is -2.39. The van der Waals surface area contributed by atoms with Gasteiger partial charge in [0.1, 0.15) is 0 Å². The van der Waals surface area contributed by atoms with Crippen molar-refractivity contribution >= 4 is 10.0 Å². The van der Waals surface area contributed by atoms with Crippen LogP contribution in [-0.2, 0) is 10.0 Å². The zero-order valence-electron chi connectivity index (χ0n) is 21.5. The third-order valence-corrected chi connectivity index (χ3v) is 8.22. The molecule has 4 nitrogen and oxygen atoms in total. The molecule has 0 spiro atoms. The molecular formula is C30H29F5N2O2S. The van der Waals surface area contributed by atoms with Gasteiger partial charge in [0.15, 0.2) is 28.2 Å². The Morgan fingerprint density at radius 2 is 1.27 bits per heavy atom. The highest BCUT2D eigenvalue weighted by Gasteiger charge is 2.37. The zero-order valence-corrected chi connectivity index (χ0v) is 22.3. The first-order chi connectivity index (χ1) is 19.2. The molecular weight excluding hydrogens is 547 g/mol. The summed E-state index contributed by atoms with van der Waals surface area (Å²) < 4.78 is 99.3. The van der Waals surface area contributed by atoms with Crippen molar-refractivity contribution < 1.29 is 30.4 Å². The first kappa shape index (κ1) is 29.6. The van der Waals surface area contributed by atoms with Crippen molar-refractivity contribution in [3.63, 3.8) is 0 Å². The molecule has 1 aliphatic carbocycles. The van der Waals surface area contributed by atoms with Crippen molar-refractivity contribution in [2.24, 2.45) is 0 Å². The number of hydrogen-bond acceptors (Lipinski definition) is 3. The Bertz CT molecular complexity index is 1450. The van der Waals surface area contributed by atoms with E-state index in [-0.39, 0.29) is 0 Å². The van der Waals surface area contributed by atoms with Gasteiger partial charge in [0.05, 0.1) is 12.1 Å². The van der Waals surface area contributed by atoms with Crippen molar-refractivity contribution in [2.45, 2.75) is 49.1 Å². The minimum Gasteiger partial charge on any atom is -0.308 e. The van der Waals surface area contributed by atoms with Gasteiger partial charge in [0, 0.05) is 0 Å². The Hall–Kier alpha value is -3.34. The summed E-state index contributed by atoms with van der Waals surface area (Å²) in [5.74, 6) is -12.0. The number of halogens is 5. The topological polar surface area (TPSA) is 58.2 Å². The van der Waals surface area contributed by atoms with E-state index in [1.807, 2.05) is 6.08 Å². The van der Waals surface area contributed by atoms with Gasteiger partial charge in [-0.3, -0.25) is 0 Å². The van der Waals surface area contributed by atoms with Crippen LogP contribution in [0.15, 0.2) is 89.4 Å². The average molecular weight is 577 g/mol. The maximum Gasteiger partial charge on any atom is 0.247 e. The van der Waals surface area contributed by atoms with Crippen LogP contribution in [-0.4, -0.2) is 15.0 Å². The third-order valence-electron chi connectivity index (χ3n) is 6.76. The molecule has 212 valence electrons. The Labute approximate surface area is 230 Å². The van der Waals surface area contributed by atoms with E-state index in [0.29, 0.717) is 17.7 Å². The van der Waals surface area contributed by atoms with E-state index in [4.69, 9.17) is 0 Å². The Balaban J connectivity index is 1.65. The second-order valence-electron chi connectivity index (χ2n) is 9.50. The summed E-state index contributed by atoms with van der Waals surface area (Å²) in [5, 5.41) is 3.35. The van der Waals surface area contributed by atoms with Crippen molar-refractivity contribution in [2.75, 3.05) is 6.54 Å². The van der Waals surface area contributed by atoms with E-state index >= 15 is 0 Å². The molecule has 10 heteroatoms. The molecule has 3 aromatic carbocycles. The molecule has 0 aliphatic heterocycles. The SMILES string of the molecule is O=S(=O)(NC(c1ccccc1)C(NCCCCC1=CC=CCC1)c1ccccc1)c1c(F)c(F)c(F)c(F)c1F. The maximum atomic E-state index is 14.6. The highest BCUT2D eigenvalue weighted by Crippen LogP contribution is 2.33. The molecule has 0 radical (unpaired) electrons. The lowest BCUT2D eigenvalue weighted by atomic mass is 9.93. The van der Waals surface area contributed by atoms with Crippen LogP contribution in [0, 0.1) is 29.1 Å². The summed E-state index contributed by atoms with van der Waals surface area (Å²) in [5.41, 5.74) is 2.45. The van der Waals surface area contributed by atoms with Crippen LogP contribution in [0.25, 0.3) is 0 Å². The van der Waals surface area contributed by atoms with Crippen LogP contribution >= 0.6 is 0 Å². The molecule has 3 aromatic rings. The quantitative estimate of drug-likeness (QED) is 0.104. The molecule has 0 aromatic heterocycles. The number of rotatable bonds is 12. The highest BCUT2D eigenvalue weighted by molar-refractivity contribution is 7.89. The minimum atomic E-state index is -5.23. The van der Waals surface area contributed by atoms with Crippen molar-refractivity contribution in [3.8, 4) is 0 Å². The van der Waals surface area contributed by atoms with Crippen LogP contribution < -0.4 is 10.0 Å². The van der Waals surface area contributed by atoms with E-state index in [1.165, 1.54) is 5.57 Å². The average Bonchev–Trinajstić information content (AvgIpc) is 2.97. The summed E-state index contributed by atoms with van der Waals surface area (Å²) in [7, 11) is -5.23. The van der Waals surface area contributed by atoms with Gasteiger partial charge in [-0.25, -0.2) is 35.1 Å². The van der Waals surface area contributed by atoms with Crippen LogP contribution in [0.2, 0.25) is 0 Å². The number of unbranched alkanes of at least 4 members (excludes halogenated alkanes) is 1. The third kappa shape index (κ3) is 6.86. The lowest BCUT2D eigenvalue weighted by molar-refractivity contribution is 0.355. The number of benzene rings is 3. The molecule has 0 fully saturated rings. The molecule has 0 saturated carbocycles. The first-order valence-corrected chi connectivity index (χ1v) is 14.4. The summed E-state index contributed by atoms with van der Waals surface area (Å²) in [6, 6.07) is 15.2. The predicted octanol–water partition coefficient (Wildman–Crippen LogP) is 7.18. The maximum absolute atomic E-state index is 14.6. The molecule has 0 heterocycles. The van der Waals surface area contributed by atoms with Crippen LogP contribution in [0.3, 0.4) is 0 Å². The number of allylic oxidation sites excluding steroid dienone is 4. The number of hydrogen-bond donors (Lipinski definition) is 2. The molecule has 4 rings (SSSR count). The summed E-state index contributed by atoms with van der Waals surface area (Å²) in [4.78, 5) is -1.92. The van der Waals surface area contributed by atoms with Crippen LogP contribution in [0.1, 0.15) is 55.3 Å². The summed E-state index contributed by atoms with van der Waals surface area (Å²) >= 11 is 0. The van der Waals surface area contributed by atoms with E-state index in [1.54, 1.807) is 60.7 Å². The number of nitrogens with one attached hydrogen (secondary N) is 2. The number of sulfonamides is 1. The molecule has 0 amide bonds. The predicted molar refractivity (Wildman–Crippen MR) is 143 cm³/mol. The Morgan fingerprint density at radius 1 is 0.725 bits per heavy atom. The van der Waals surface area contributed by atoms with Gasteiger partial charge < -0.3 is 5.32 Å². The van der Waals surface area contributed by atoms with Gasteiger partial charge in [-0.2, -0.15) is 0 Å². The molecule has 2 N–H and O–H groups in total. The van der Waals surface area contributed by atoms with Gasteiger partial charge >= 0.3 is 0 Å². The fraction of sp³-hybridized carbons (Fsp3) is 0.267. The first-order valence-electron chi connectivity index (χ1n) is 12.9. The van der Waals surface area contributed by atoms with Crippen LogP contribution in [0.4, 0.5) is 22.0 Å². The Morgan fingerprint density at radius 3 is 1.82 bits per heavy atom. The zero-order chi connectivity index (χ0) is 28.7. The van der Waals surface area contributed by atoms with Gasteiger partial charge in [-0.1, -0.05) is 84.5 Å². The van der Waals surface area contributed by atoms with E-state index in [9.17, 15) is 30.4 Å². The van der Waals surface area contributed by atoms with E-state index in [0.717, 1.165) is 32.1 Å². The van der Waals surface area contributed by atoms with Gasteiger partial charge in [-0.15, -0.1) is 0 Å². The van der Waals surface area contributed by atoms with Crippen molar-refractivity contribution in [1.82, 2.24) is 10.0 Å². The fourth-order valence-electron chi connectivity index (χ4n) is 4.72. The molecule has 40 heavy (non-hydrogen) atoms. The monoisotopic (exact) mass is 576 g/mol. The van der Waals surface area contributed by atoms with Gasteiger partial charge in [0.2, 0.25) is 15.8 Å². The molecule has 2 atom stereocenters. The molecule has 2 unspecified atom stereocenters. The molecule has 1 aliphatic rings. The van der Waals surface area contributed by atoms with Crippen molar-refractivity contribution in [1.29, 1.82) is 0 Å². The Kier molecular flexibility index (Phi) is 9.89. The van der Waals surface area contributed by atoms with E-state index < -0.39 is 56.1 Å². The summed E-state index contributed by atoms with van der Waals surface area (Å²) in [6.45, 7) is 0.482. The van der Waals surface area contributed by atoms with Crippen molar-refractivity contribution in [3.05, 3.63) is 125 Å². The van der Waals surface area contributed by atoms with Gasteiger partial charge in [0.25, 0.3) is 0 Å². The normalized spacial score (nSPS) is 15.1. The second-order valence-corrected chi connectivity index (χ2v) is 11.2. The highest BCUT2D eigenvalue weighted by atomic mass is 32.2. The summed E-state index contributed by atoms with van der Waals surface area (Å²) in [6.07, 6.45) is 10.9. The minimum absolute atomic E-state index is 0.426. The van der Waals surface area contributed by atoms with Gasteiger partial charge in [-0.05, 0) is 49.8 Å². The second kappa shape index (κ2) is 13.3. The molecule has 0 bridgehead atoms. The molecule has 0 saturated heterocycles.